The van der Waals surface area contributed by atoms with Crippen molar-refractivity contribution in [3.8, 4) is 0 Å². The van der Waals surface area contributed by atoms with E-state index in [-0.39, 0.29) is 23.6 Å². The highest BCUT2D eigenvalue weighted by molar-refractivity contribution is 6.33. The Bertz CT molecular complexity index is 562. The van der Waals surface area contributed by atoms with Gasteiger partial charge in [0.25, 0.3) is 5.91 Å². The molecule has 1 aromatic rings. The van der Waals surface area contributed by atoms with Gasteiger partial charge in [0.15, 0.2) is 0 Å². The van der Waals surface area contributed by atoms with E-state index >= 15 is 0 Å². The molecule has 120 valence electrons. The van der Waals surface area contributed by atoms with Gasteiger partial charge < -0.3 is 15.8 Å². The number of benzene rings is 1. The number of nitrogens with two attached hydrogens (primary N) is 1. The highest BCUT2D eigenvalue weighted by Gasteiger charge is 2.28. The van der Waals surface area contributed by atoms with Crippen molar-refractivity contribution in [1.29, 1.82) is 0 Å². The van der Waals surface area contributed by atoms with E-state index in [1.165, 1.54) is 6.07 Å². The maximum atomic E-state index is 12.2. The number of hydrogen-bond donors (Lipinski definition) is 2. The molecular formula is C15H19ClN2O4. The average molecular weight is 327 g/mol. The molecular weight excluding hydrogens is 308 g/mol. The van der Waals surface area contributed by atoms with Crippen molar-refractivity contribution < 1.29 is 19.1 Å². The van der Waals surface area contributed by atoms with Gasteiger partial charge in [-0.3, -0.25) is 14.4 Å². The second kappa shape index (κ2) is 8.38. The fourth-order valence-electron chi connectivity index (χ4n) is 1.96. The third kappa shape index (κ3) is 5.04. The van der Waals surface area contributed by atoms with Crippen LogP contribution < -0.4 is 11.1 Å². The first-order valence-electron chi connectivity index (χ1n) is 6.87. The van der Waals surface area contributed by atoms with E-state index in [9.17, 15) is 14.4 Å². The van der Waals surface area contributed by atoms with Crippen LogP contribution >= 0.6 is 11.6 Å². The number of esters is 1. The van der Waals surface area contributed by atoms with E-state index in [1.807, 2.05) is 0 Å². The van der Waals surface area contributed by atoms with Gasteiger partial charge in [-0.25, -0.2) is 0 Å². The molecule has 0 aliphatic carbocycles. The van der Waals surface area contributed by atoms with E-state index < -0.39 is 29.7 Å². The Morgan fingerprint density at radius 1 is 1.32 bits per heavy atom. The summed E-state index contributed by atoms with van der Waals surface area (Å²) in [7, 11) is 0. The first kappa shape index (κ1) is 18.0. The molecule has 0 unspecified atom stereocenters. The van der Waals surface area contributed by atoms with E-state index in [4.69, 9.17) is 22.1 Å². The molecule has 0 spiro atoms. The van der Waals surface area contributed by atoms with E-state index in [2.05, 4.69) is 5.32 Å². The number of hydrogen-bond acceptors (Lipinski definition) is 4. The lowest BCUT2D eigenvalue weighted by molar-refractivity contribution is -0.144. The van der Waals surface area contributed by atoms with Gasteiger partial charge in [0.05, 0.1) is 23.6 Å². The van der Waals surface area contributed by atoms with E-state index in [0.29, 0.717) is 0 Å². The summed E-state index contributed by atoms with van der Waals surface area (Å²) in [5.41, 5.74) is 5.55. The van der Waals surface area contributed by atoms with E-state index in [1.54, 1.807) is 32.0 Å². The van der Waals surface area contributed by atoms with Crippen LogP contribution in [0.5, 0.6) is 0 Å². The standard InChI is InChI=1S/C15H19ClN2O4/c1-3-22-12(19)8-9(2)13(14(17)20)18-15(21)10-6-4-5-7-11(10)16/h4-7,9,13H,3,8H2,1-2H3,(H2,17,20)(H,18,21)/t9-,13-/m0/s1. The van der Waals surface area contributed by atoms with Gasteiger partial charge in [-0.15, -0.1) is 0 Å². The van der Waals surface area contributed by atoms with Crippen LogP contribution in [0.1, 0.15) is 30.6 Å². The van der Waals surface area contributed by atoms with Crippen molar-refractivity contribution in [3.63, 3.8) is 0 Å². The molecule has 7 heteroatoms. The van der Waals surface area contributed by atoms with Gasteiger partial charge >= 0.3 is 5.97 Å². The zero-order chi connectivity index (χ0) is 16.7. The molecule has 0 bridgehead atoms. The summed E-state index contributed by atoms with van der Waals surface area (Å²) in [6.07, 6.45) is -0.0236. The summed E-state index contributed by atoms with van der Waals surface area (Å²) < 4.78 is 4.83. The molecule has 0 radical (unpaired) electrons. The Labute approximate surface area is 134 Å². The second-order valence-electron chi connectivity index (χ2n) is 4.82. The highest BCUT2D eigenvalue weighted by Crippen LogP contribution is 2.16. The van der Waals surface area contributed by atoms with Crippen LogP contribution in [0.2, 0.25) is 5.02 Å². The lowest BCUT2D eigenvalue weighted by Crippen LogP contribution is -2.49. The molecule has 1 rings (SSSR count). The third-order valence-electron chi connectivity index (χ3n) is 3.07. The molecule has 2 atom stereocenters. The number of nitrogens with one attached hydrogen (secondary N) is 1. The predicted molar refractivity (Wildman–Crippen MR) is 82.3 cm³/mol. The summed E-state index contributed by atoms with van der Waals surface area (Å²) in [5, 5.41) is 2.78. The second-order valence-corrected chi connectivity index (χ2v) is 5.23. The van der Waals surface area contributed by atoms with Crippen LogP contribution in [-0.2, 0) is 14.3 Å². The molecule has 0 heterocycles. The number of amides is 2. The van der Waals surface area contributed by atoms with Gasteiger partial charge in [0, 0.05) is 0 Å². The van der Waals surface area contributed by atoms with Crippen LogP contribution in [0.3, 0.4) is 0 Å². The number of halogens is 1. The quantitative estimate of drug-likeness (QED) is 0.742. The minimum Gasteiger partial charge on any atom is -0.466 e. The molecule has 0 aliphatic heterocycles. The summed E-state index contributed by atoms with van der Waals surface area (Å²) in [5.74, 6) is -2.20. The van der Waals surface area contributed by atoms with Crippen molar-refractivity contribution in [2.75, 3.05) is 6.61 Å². The van der Waals surface area contributed by atoms with Crippen molar-refractivity contribution in [2.24, 2.45) is 11.7 Å². The van der Waals surface area contributed by atoms with Gasteiger partial charge in [-0.2, -0.15) is 0 Å². The molecule has 0 aliphatic rings. The van der Waals surface area contributed by atoms with Crippen molar-refractivity contribution in [2.45, 2.75) is 26.3 Å². The van der Waals surface area contributed by atoms with Crippen LogP contribution in [0.4, 0.5) is 0 Å². The summed E-state index contributed by atoms with van der Waals surface area (Å²) in [6.45, 7) is 3.57. The van der Waals surface area contributed by atoms with Gasteiger partial charge in [-0.1, -0.05) is 30.7 Å². The maximum absolute atomic E-state index is 12.2. The molecule has 2 amide bonds. The minimum atomic E-state index is -0.992. The number of primary amides is 1. The highest BCUT2D eigenvalue weighted by atomic mass is 35.5. The molecule has 0 saturated heterocycles. The number of carbonyl (C=O) groups excluding carboxylic acids is 3. The zero-order valence-corrected chi connectivity index (χ0v) is 13.2. The molecule has 6 nitrogen and oxygen atoms in total. The van der Waals surface area contributed by atoms with Crippen LogP contribution in [-0.4, -0.2) is 30.4 Å². The monoisotopic (exact) mass is 326 g/mol. The Morgan fingerprint density at radius 2 is 1.95 bits per heavy atom. The average Bonchev–Trinajstić information content (AvgIpc) is 2.44. The van der Waals surface area contributed by atoms with Crippen molar-refractivity contribution in [1.82, 2.24) is 5.32 Å². The fraction of sp³-hybridized carbons (Fsp3) is 0.400. The minimum absolute atomic E-state index is 0.0236. The SMILES string of the molecule is CCOC(=O)C[C@H](C)[C@H](NC(=O)c1ccccc1Cl)C(N)=O. The third-order valence-corrected chi connectivity index (χ3v) is 3.40. The fourth-order valence-corrected chi connectivity index (χ4v) is 2.18. The van der Waals surface area contributed by atoms with Crippen LogP contribution in [0.25, 0.3) is 0 Å². The van der Waals surface area contributed by atoms with Gasteiger partial charge in [0.1, 0.15) is 6.04 Å². The van der Waals surface area contributed by atoms with E-state index in [0.717, 1.165) is 0 Å². The van der Waals surface area contributed by atoms with Gasteiger partial charge in [0.2, 0.25) is 5.91 Å². The zero-order valence-electron chi connectivity index (χ0n) is 12.5. The molecule has 0 saturated carbocycles. The molecule has 0 aromatic heterocycles. The number of rotatable bonds is 7. The first-order valence-corrected chi connectivity index (χ1v) is 7.25. The summed E-state index contributed by atoms with van der Waals surface area (Å²) in [4.78, 5) is 35.2. The molecule has 0 fully saturated rings. The first-order chi connectivity index (χ1) is 10.4. The maximum Gasteiger partial charge on any atom is 0.306 e. The summed E-state index contributed by atoms with van der Waals surface area (Å²) in [6, 6.07) is 5.45. The Balaban J connectivity index is 2.80. The molecule has 22 heavy (non-hydrogen) atoms. The van der Waals surface area contributed by atoms with Gasteiger partial charge in [-0.05, 0) is 25.0 Å². The Hall–Kier alpha value is -2.08. The molecule has 1 aromatic carbocycles. The van der Waals surface area contributed by atoms with Crippen LogP contribution in [0.15, 0.2) is 24.3 Å². The largest absolute Gasteiger partial charge is 0.466 e. The van der Waals surface area contributed by atoms with Crippen LogP contribution in [0, 0.1) is 5.92 Å². The molecule has 3 N–H and O–H groups in total. The Morgan fingerprint density at radius 3 is 2.50 bits per heavy atom. The lowest BCUT2D eigenvalue weighted by Gasteiger charge is -2.22. The normalized spacial score (nSPS) is 13.0. The number of carbonyl (C=O) groups is 3. The lowest BCUT2D eigenvalue weighted by atomic mass is 9.97. The number of ether oxygens (including phenoxy) is 1. The van der Waals surface area contributed by atoms with Crippen molar-refractivity contribution in [3.05, 3.63) is 34.9 Å². The van der Waals surface area contributed by atoms with Crippen molar-refractivity contribution >= 4 is 29.4 Å². The Kier molecular flexibility index (Phi) is 6.85. The predicted octanol–water partition coefficient (Wildman–Crippen LogP) is 1.51. The smallest absolute Gasteiger partial charge is 0.306 e. The summed E-state index contributed by atoms with van der Waals surface area (Å²) >= 11 is 5.94. The topological polar surface area (TPSA) is 98.5 Å².